The monoisotopic (exact) mass is 476 g/mol. The minimum atomic E-state index is -3.64. The van der Waals surface area contributed by atoms with Crippen molar-refractivity contribution in [2.24, 2.45) is 5.92 Å². The highest BCUT2D eigenvalue weighted by atomic mass is 32.2. The van der Waals surface area contributed by atoms with Crippen molar-refractivity contribution < 1.29 is 17.9 Å². The van der Waals surface area contributed by atoms with E-state index in [0.29, 0.717) is 30.4 Å². The van der Waals surface area contributed by atoms with E-state index in [-0.39, 0.29) is 17.2 Å². The number of sulfonamides is 1. The van der Waals surface area contributed by atoms with E-state index in [9.17, 15) is 13.2 Å². The molecule has 0 bridgehead atoms. The summed E-state index contributed by atoms with van der Waals surface area (Å²) in [6.07, 6.45) is 3.97. The second-order valence-electron chi connectivity index (χ2n) is 9.13. The topological polar surface area (TPSA) is 93.5 Å². The number of aromatic nitrogens is 2. The quantitative estimate of drug-likeness (QED) is 0.623. The van der Waals surface area contributed by atoms with Gasteiger partial charge in [-0.05, 0) is 50.8 Å². The SMILES string of the molecule is COc1ccc(S(=O)(=O)N2CCCCCC2)cc1NC(=O)Cc1c(C)nn(CC(C)C)c1C. The average Bonchev–Trinajstić information content (AvgIpc) is 2.96. The highest BCUT2D eigenvalue weighted by molar-refractivity contribution is 7.89. The number of aryl methyl sites for hydroxylation is 1. The second-order valence-corrected chi connectivity index (χ2v) is 11.1. The maximum absolute atomic E-state index is 13.2. The number of ether oxygens (including phenoxy) is 1. The summed E-state index contributed by atoms with van der Waals surface area (Å²) in [7, 11) is -2.14. The molecule has 1 aromatic heterocycles. The Hall–Kier alpha value is -2.39. The molecule has 0 saturated carbocycles. The first-order valence-electron chi connectivity index (χ1n) is 11.6. The third-order valence-corrected chi connectivity index (χ3v) is 7.95. The van der Waals surface area contributed by atoms with Crippen molar-refractivity contribution in [3.8, 4) is 5.75 Å². The molecule has 1 fully saturated rings. The molecule has 1 amide bonds. The van der Waals surface area contributed by atoms with Gasteiger partial charge < -0.3 is 10.1 Å². The van der Waals surface area contributed by atoms with Crippen molar-refractivity contribution in [3.05, 3.63) is 35.2 Å². The van der Waals surface area contributed by atoms with Crippen LogP contribution in [-0.4, -0.2) is 48.6 Å². The van der Waals surface area contributed by atoms with Crippen molar-refractivity contribution >= 4 is 21.6 Å². The Bertz CT molecular complexity index is 1080. The lowest BCUT2D eigenvalue weighted by atomic mass is 10.1. The number of nitrogens with zero attached hydrogens (tertiary/aromatic N) is 3. The van der Waals surface area contributed by atoms with E-state index in [1.165, 1.54) is 13.2 Å². The molecule has 1 N–H and O–H groups in total. The number of carbonyl (C=O) groups excluding carboxylic acids is 1. The number of rotatable bonds is 8. The molecule has 1 saturated heterocycles. The summed E-state index contributed by atoms with van der Waals surface area (Å²) in [6.45, 7) is 9.97. The predicted molar refractivity (Wildman–Crippen MR) is 129 cm³/mol. The Balaban J connectivity index is 1.82. The average molecular weight is 477 g/mol. The van der Waals surface area contributed by atoms with Crippen LogP contribution in [0.3, 0.4) is 0 Å². The molecule has 0 aliphatic carbocycles. The highest BCUT2D eigenvalue weighted by Gasteiger charge is 2.26. The van der Waals surface area contributed by atoms with Crippen molar-refractivity contribution in [1.29, 1.82) is 0 Å². The van der Waals surface area contributed by atoms with E-state index in [1.807, 2.05) is 18.5 Å². The van der Waals surface area contributed by atoms with E-state index < -0.39 is 10.0 Å². The summed E-state index contributed by atoms with van der Waals surface area (Å²) in [5.41, 5.74) is 3.04. The van der Waals surface area contributed by atoms with Crippen LogP contribution in [0.5, 0.6) is 5.75 Å². The lowest BCUT2D eigenvalue weighted by Gasteiger charge is -2.21. The fraction of sp³-hybridized carbons (Fsp3) is 0.583. The van der Waals surface area contributed by atoms with Crippen molar-refractivity contribution in [2.45, 2.75) is 71.2 Å². The van der Waals surface area contributed by atoms with E-state index in [2.05, 4.69) is 24.3 Å². The first-order chi connectivity index (χ1) is 15.6. The van der Waals surface area contributed by atoms with Gasteiger partial charge in [-0.1, -0.05) is 26.7 Å². The van der Waals surface area contributed by atoms with Crippen LogP contribution >= 0.6 is 0 Å². The number of benzene rings is 1. The number of hydrogen-bond acceptors (Lipinski definition) is 5. The third-order valence-electron chi connectivity index (χ3n) is 6.05. The van der Waals surface area contributed by atoms with Crippen LogP contribution in [0.4, 0.5) is 5.69 Å². The lowest BCUT2D eigenvalue weighted by Crippen LogP contribution is -2.32. The molecule has 1 aliphatic heterocycles. The zero-order valence-electron chi connectivity index (χ0n) is 20.3. The zero-order chi connectivity index (χ0) is 24.2. The highest BCUT2D eigenvalue weighted by Crippen LogP contribution is 2.30. The largest absolute Gasteiger partial charge is 0.495 e. The Morgan fingerprint density at radius 2 is 1.82 bits per heavy atom. The number of nitrogens with one attached hydrogen (secondary N) is 1. The smallest absolute Gasteiger partial charge is 0.243 e. The van der Waals surface area contributed by atoms with Crippen molar-refractivity contribution in [1.82, 2.24) is 14.1 Å². The molecule has 0 unspecified atom stereocenters. The van der Waals surface area contributed by atoms with E-state index in [4.69, 9.17) is 4.74 Å². The van der Waals surface area contributed by atoms with E-state index in [1.54, 1.807) is 16.4 Å². The van der Waals surface area contributed by atoms with E-state index in [0.717, 1.165) is 49.2 Å². The number of hydrogen-bond donors (Lipinski definition) is 1. The molecular formula is C24H36N4O4S. The molecule has 8 nitrogen and oxygen atoms in total. The molecule has 3 rings (SSSR count). The minimum Gasteiger partial charge on any atom is -0.495 e. The van der Waals surface area contributed by atoms with Gasteiger partial charge in [0.1, 0.15) is 5.75 Å². The first-order valence-corrected chi connectivity index (χ1v) is 13.1. The summed E-state index contributed by atoms with van der Waals surface area (Å²) in [5.74, 6) is 0.623. The molecule has 9 heteroatoms. The summed E-state index contributed by atoms with van der Waals surface area (Å²) >= 11 is 0. The molecule has 182 valence electrons. The molecule has 0 radical (unpaired) electrons. The fourth-order valence-electron chi connectivity index (χ4n) is 4.24. The van der Waals surface area contributed by atoms with Crippen molar-refractivity contribution in [3.63, 3.8) is 0 Å². The van der Waals surface area contributed by atoms with Crippen LogP contribution in [0.15, 0.2) is 23.1 Å². The number of amides is 1. The van der Waals surface area contributed by atoms with Gasteiger partial charge in [0.15, 0.2) is 0 Å². The fourth-order valence-corrected chi connectivity index (χ4v) is 5.79. The molecule has 0 spiro atoms. The zero-order valence-corrected chi connectivity index (χ0v) is 21.2. The van der Waals surface area contributed by atoms with Crippen LogP contribution in [0.1, 0.15) is 56.5 Å². The van der Waals surface area contributed by atoms with Gasteiger partial charge in [0.2, 0.25) is 15.9 Å². The van der Waals surface area contributed by atoms with Gasteiger partial charge in [0.25, 0.3) is 0 Å². The predicted octanol–water partition coefficient (Wildman–Crippen LogP) is 3.91. The lowest BCUT2D eigenvalue weighted by molar-refractivity contribution is -0.115. The summed E-state index contributed by atoms with van der Waals surface area (Å²) in [5, 5.41) is 7.44. The van der Waals surface area contributed by atoms with Crippen LogP contribution in [0, 0.1) is 19.8 Å². The maximum Gasteiger partial charge on any atom is 0.243 e. The maximum atomic E-state index is 13.2. The van der Waals surface area contributed by atoms with Crippen LogP contribution in [-0.2, 0) is 27.8 Å². The van der Waals surface area contributed by atoms with Gasteiger partial charge >= 0.3 is 0 Å². The first kappa shape index (κ1) is 25.2. The van der Waals surface area contributed by atoms with Crippen molar-refractivity contribution in [2.75, 3.05) is 25.5 Å². The Morgan fingerprint density at radius 3 is 2.42 bits per heavy atom. The van der Waals surface area contributed by atoms with Gasteiger partial charge in [0.05, 0.1) is 29.8 Å². The number of anilines is 1. The van der Waals surface area contributed by atoms with Gasteiger partial charge in [-0.2, -0.15) is 9.40 Å². The molecule has 2 heterocycles. The second kappa shape index (κ2) is 10.7. The summed E-state index contributed by atoms with van der Waals surface area (Å²) in [4.78, 5) is 13.1. The molecule has 2 aromatic rings. The van der Waals surface area contributed by atoms with Gasteiger partial charge in [-0.3, -0.25) is 9.48 Å². The third kappa shape index (κ3) is 5.95. The van der Waals surface area contributed by atoms with Gasteiger partial charge in [-0.15, -0.1) is 0 Å². The Labute approximate surface area is 197 Å². The van der Waals surface area contributed by atoms with E-state index >= 15 is 0 Å². The van der Waals surface area contributed by atoms with Crippen LogP contribution < -0.4 is 10.1 Å². The van der Waals surface area contributed by atoms with Gasteiger partial charge in [-0.25, -0.2) is 8.42 Å². The molecule has 0 atom stereocenters. The van der Waals surface area contributed by atoms with Crippen LogP contribution in [0.2, 0.25) is 0 Å². The number of methoxy groups -OCH3 is 1. The van der Waals surface area contributed by atoms with Gasteiger partial charge in [0, 0.05) is 30.9 Å². The summed E-state index contributed by atoms with van der Waals surface area (Å²) < 4.78 is 35.3. The Kier molecular flexibility index (Phi) is 8.18. The summed E-state index contributed by atoms with van der Waals surface area (Å²) in [6, 6.07) is 4.63. The molecule has 1 aliphatic rings. The minimum absolute atomic E-state index is 0.155. The normalized spacial score (nSPS) is 15.5. The standard InChI is InChI=1S/C24H36N4O4S/c1-17(2)16-28-19(4)21(18(3)26-28)15-24(29)25-22-14-20(10-11-23(22)32-5)33(30,31)27-12-8-6-7-9-13-27/h10-11,14,17H,6-9,12-13,15-16H2,1-5H3,(H,25,29). The molecular weight excluding hydrogens is 440 g/mol. The van der Waals surface area contributed by atoms with Crippen LogP contribution in [0.25, 0.3) is 0 Å². The molecule has 1 aromatic carbocycles. The number of carbonyl (C=O) groups is 1. The molecule has 33 heavy (non-hydrogen) atoms. The Morgan fingerprint density at radius 1 is 1.15 bits per heavy atom.